The summed E-state index contributed by atoms with van der Waals surface area (Å²) in [7, 11) is -3.27. The van der Waals surface area contributed by atoms with E-state index in [0.717, 1.165) is 0 Å². The van der Waals surface area contributed by atoms with Crippen molar-refractivity contribution in [3.05, 3.63) is 0 Å². The Kier molecular flexibility index (Phi) is 3.88. The topological polar surface area (TPSA) is 61.4 Å². The molecule has 0 amide bonds. The van der Waals surface area contributed by atoms with Crippen molar-refractivity contribution in [2.45, 2.75) is 32.9 Å². The second-order valence-electron chi connectivity index (χ2n) is 3.73. The molecule has 0 aromatic carbocycles. The van der Waals surface area contributed by atoms with E-state index in [1.165, 1.54) is 4.31 Å². The highest BCUT2D eigenvalue weighted by Gasteiger charge is 2.31. The van der Waals surface area contributed by atoms with Crippen LogP contribution in [0.15, 0.2) is 0 Å². The second kappa shape index (κ2) is 4.57. The monoisotopic (exact) mass is 221 g/mol. The van der Waals surface area contributed by atoms with Gasteiger partial charge in [-0.2, -0.15) is 12.7 Å². The van der Waals surface area contributed by atoms with Gasteiger partial charge in [-0.05, 0) is 13.8 Å². The van der Waals surface area contributed by atoms with E-state index in [9.17, 15) is 8.42 Å². The lowest BCUT2D eigenvalue weighted by Crippen LogP contribution is -2.58. The largest absolute Gasteiger partial charge is 0.311 e. The molecule has 0 aromatic rings. The Morgan fingerprint density at radius 1 is 1.50 bits per heavy atom. The molecule has 0 aromatic heterocycles. The molecule has 1 rings (SSSR count). The van der Waals surface area contributed by atoms with Crippen LogP contribution in [0.4, 0.5) is 0 Å². The number of hydrogen-bond acceptors (Lipinski definition) is 3. The molecule has 14 heavy (non-hydrogen) atoms. The second-order valence-corrected chi connectivity index (χ2v) is 5.44. The highest BCUT2D eigenvalue weighted by atomic mass is 32.2. The lowest BCUT2D eigenvalue weighted by atomic mass is 10.2. The molecule has 0 saturated carbocycles. The van der Waals surface area contributed by atoms with Gasteiger partial charge in [0.05, 0.1) is 0 Å². The summed E-state index contributed by atoms with van der Waals surface area (Å²) < 4.78 is 27.5. The summed E-state index contributed by atoms with van der Waals surface area (Å²) in [5, 5.41) is 3.24. The Labute approximate surface area is 86.0 Å². The third-order valence-corrected chi connectivity index (χ3v) is 4.12. The Hall–Kier alpha value is -0.170. The molecule has 6 heteroatoms. The molecule has 5 nitrogen and oxygen atoms in total. The highest BCUT2D eigenvalue weighted by Crippen LogP contribution is 2.10. The van der Waals surface area contributed by atoms with Crippen LogP contribution < -0.4 is 10.0 Å². The lowest BCUT2D eigenvalue weighted by molar-refractivity contribution is 0.242. The van der Waals surface area contributed by atoms with Crippen LogP contribution in [0, 0.1) is 0 Å². The van der Waals surface area contributed by atoms with Gasteiger partial charge >= 0.3 is 0 Å². The number of nitrogens with zero attached hydrogens (tertiary/aromatic N) is 1. The molecular formula is C8H19N3O2S. The maximum atomic E-state index is 11.7. The molecular weight excluding hydrogens is 202 g/mol. The molecule has 0 spiro atoms. The number of hydrogen-bond donors (Lipinski definition) is 2. The summed E-state index contributed by atoms with van der Waals surface area (Å²) in [4.78, 5) is 0. The molecule has 1 saturated heterocycles. The Balaban J connectivity index is 2.74. The van der Waals surface area contributed by atoms with Gasteiger partial charge in [-0.25, -0.2) is 4.72 Å². The maximum Gasteiger partial charge on any atom is 0.279 e. The first kappa shape index (κ1) is 11.9. The van der Waals surface area contributed by atoms with E-state index >= 15 is 0 Å². The van der Waals surface area contributed by atoms with Gasteiger partial charge in [0.2, 0.25) is 0 Å². The molecule has 1 heterocycles. The molecule has 0 bridgehead atoms. The van der Waals surface area contributed by atoms with Gasteiger partial charge in [0, 0.05) is 31.7 Å². The van der Waals surface area contributed by atoms with Crippen LogP contribution in [-0.2, 0) is 10.2 Å². The molecule has 0 aliphatic carbocycles. The van der Waals surface area contributed by atoms with E-state index in [-0.39, 0.29) is 12.1 Å². The minimum absolute atomic E-state index is 0.0234. The summed E-state index contributed by atoms with van der Waals surface area (Å²) in [6.45, 7) is 7.37. The third kappa shape index (κ3) is 2.66. The Bertz CT molecular complexity index is 278. The maximum absolute atomic E-state index is 11.7. The molecule has 84 valence electrons. The summed E-state index contributed by atoms with van der Waals surface area (Å²) >= 11 is 0. The molecule has 2 atom stereocenters. The fourth-order valence-electron chi connectivity index (χ4n) is 1.59. The molecule has 1 fully saturated rings. The van der Waals surface area contributed by atoms with Crippen LogP contribution in [0.3, 0.4) is 0 Å². The Morgan fingerprint density at radius 2 is 2.14 bits per heavy atom. The fourth-order valence-corrected chi connectivity index (χ4v) is 3.09. The van der Waals surface area contributed by atoms with Gasteiger partial charge in [-0.15, -0.1) is 0 Å². The van der Waals surface area contributed by atoms with E-state index in [1.54, 1.807) is 6.92 Å². The fraction of sp³-hybridized carbons (Fsp3) is 1.00. The SMILES string of the molecule is CCNS(=O)(=O)N1CC(C)NCC1C. The van der Waals surface area contributed by atoms with Crippen LogP contribution in [0.1, 0.15) is 20.8 Å². The van der Waals surface area contributed by atoms with Gasteiger partial charge in [0.15, 0.2) is 0 Å². The average Bonchev–Trinajstić information content (AvgIpc) is 2.09. The van der Waals surface area contributed by atoms with E-state index in [4.69, 9.17) is 0 Å². The summed E-state index contributed by atoms with van der Waals surface area (Å²) in [6, 6.07) is 0.245. The standard InChI is InChI=1S/C8H19N3O2S/c1-4-10-14(12,13)11-6-7(2)9-5-8(11)3/h7-10H,4-6H2,1-3H3. The number of piperazine rings is 1. The first-order valence-corrected chi connectivity index (χ1v) is 6.41. The first-order valence-electron chi connectivity index (χ1n) is 4.97. The number of rotatable bonds is 3. The lowest BCUT2D eigenvalue weighted by Gasteiger charge is -2.36. The van der Waals surface area contributed by atoms with Crippen molar-refractivity contribution in [1.82, 2.24) is 14.3 Å². The van der Waals surface area contributed by atoms with Crippen molar-refractivity contribution in [1.29, 1.82) is 0 Å². The summed E-state index contributed by atoms with van der Waals surface area (Å²) in [5.41, 5.74) is 0. The van der Waals surface area contributed by atoms with Crippen molar-refractivity contribution in [3.63, 3.8) is 0 Å². The smallest absolute Gasteiger partial charge is 0.279 e. The normalized spacial score (nSPS) is 30.5. The van der Waals surface area contributed by atoms with E-state index in [2.05, 4.69) is 10.0 Å². The van der Waals surface area contributed by atoms with Gasteiger partial charge in [0.25, 0.3) is 10.2 Å². The zero-order chi connectivity index (χ0) is 10.8. The van der Waals surface area contributed by atoms with E-state index in [0.29, 0.717) is 19.6 Å². The van der Waals surface area contributed by atoms with Crippen LogP contribution in [0.2, 0.25) is 0 Å². The van der Waals surface area contributed by atoms with Crippen LogP contribution in [0.25, 0.3) is 0 Å². The van der Waals surface area contributed by atoms with Gasteiger partial charge in [-0.3, -0.25) is 0 Å². The quantitative estimate of drug-likeness (QED) is 0.677. The molecule has 2 N–H and O–H groups in total. The van der Waals surface area contributed by atoms with Gasteiger partial charge in [0.1, 0.15) is 0 Å². The molecule has 2 unspecified atom stereocenters. The van der Waals surface area contributed by atoms with Crippen molar-refractivity contribution >= 4 is 10.2 Å². The predicted molar refractivity (Wildman–Crippen MR) is 56.2 cm³/mol. The Morgan fingerprint density at radius 3 is 2.71 bits per heavy atom. The van der Waals surface area contributed by atoms with E-state index < -0.39 is 10.2 Å². The van der Waals surface area contributed by atoms with Crippen molar-refractivity contribution in [2.24, 2.45) is 0 Å². The van der Waals surface area contributed by atoms with E-state index in [1.807, 2.05) is 13.8 Å². The van der Waals surface area contributed by atoms with Gasteiger partial charge in [-0.1, -0.05) is 6.92 Å². The molecule has 1 aliphatic rings. The third-order valence-electron chi connectivity index (χ3n) is 2.34. The van der Waals surface area contributed by atoms with Crippen molar-refractivity contribution < 1.29 is 8.42 Å². The van der Waals surface area contributed by atoms with Crippen molar-refractivity contribution in [2.75, 3.05) is 19.6 Å². The molecule has 0 radical (unpaired) electrons. The predicted octanol–water partition coefficient (Wildman–Crippen LogP) is -0.477. The summed E-state index contributed by atoms with van der Waals surface area (Å²) in [6.07, 6.45) is 0. The minimum Gasteiger partial charge on any atom is -0.311 e. The zero-order valence-electron chi connectivity index (χ0n) is 8.95. The van der Waals surface area contributed by atoms with Crippen molar-refractivity contribution in [3.8, 4) is 0 Å². The minimum atomic E-state index is -3.27. The number of nitrogens with one attached hydrogen (secondary N) is 2. The summed E-state index contributed by atoms with van der Waals surface area (Å²) in [5.74, 6) is 0. The van der Waals surface area contributed by atoms with Gasteiger partial charge < -0.3 is 5.32 Å². The highest BCUT2D eigenvalue weighted by molar-refractivity contribution is 7.87. The zero-order valence-corrected chi connectivity index (χ0v) is 9.76. The molecule has 1 aliphatic heterocycles. The van der Waals surface area contributed by atoms with Crippen LogP contribution >= 0.6 is 0 Å². The average molecular weight is 221 g/mol. The first-order chi connectivity index (χ1) is 6.47. The van der Waals surface area contributed by atoms with Crippen LogP contribution in [-0.4, -0.2) is 44.4 Å². The van der Waals surface area contributed by atoms with Crippen LogP contribution in [0.5, 0.6) is 0 Å².